The van der Waals surface area contributed by atoms with Crippen LogP contribution in [0.2, 0.25) is 0 Å². The molecule has 112 valence electrons. The Morgan fingerprint density at radius 2 is 1.85 bits per heavy atom. The predicted molar refractivity (Wildman–Crippen MR) is 83.8 cm³/mol. The maximum atomic E-state index is 11.5. The summed E-state index contributed by atoms with van der Waals surface area (Å²) >= 11 is 1.71. The molecule has 0 spiro atoms. The van der Waals surface area contributed by atoms with Gasteiger partial charge in [0.1, 0.15) is 0 Å². The minimum absolute atomic E-state index is 0.177. The highest BCUT2D eigenvalue weighted by Crippen LogP contribution is 2.38. The third-order valence-corrected chi connectivity index (χ3v) is 5.20. The molecule has 0 aromatic heterocycles. The van der Waals surface area contributed by atoms with Crippen molar-refractivity contribution in [1.29, 1.82) is 0 Å². The van der Waals surface area contributed by atoms with Gasteiger partial charge in [0.25, 0.3) is 10.1 Å². The molecule has 1 aliphatic carbocycles. The van der Waals surface area contributed by atoms with Gasteiger partial charge in [0.15, 0.2) is 0 Å². The normalized spacial score (nSPS) is 24.3. The SMILES string of the molecule is CSc1ccccc1[C@@H]1CCCCC[C@@H]1OS(C)(=O)=O. The largest absolute Gasteiger partial charge is 0.266 e. The van der Waals surface area contributed by atoms with Gasteiger partial charge in [0.2, 0.25) is 0 Å². The van der Waals surface area contributed by atoms with Crippen LogP contribution in [0.1, 0.15) is 43.6 Å². The van der Waals surface area contributed by atoms with Gasteiger partial charge in [0, 0.05) is 10.8 Å². The Balaban J connectivity index is 2.32. The Kier molecular flexibility index (Phi) is 5.52. The maximum absolute atomic E-state index is 11.5. The van der Waals surface area contributed by atoms with Crippen molar-refractivity contribution in [1.82, 2.24) is 0 Å². The molecular formula is C15H22O3S2. The Morgan fingerprint density at radius 1 is 1.15 bits per heavy atom. The van der Waals surface area contributed by atoms with Crippen LogP contribution in [0.3, 0.4) is 0 Å². The summed E-state index contributed by atoms with van der Waals surface area (Å²) in [6.45, 7) is 0. The van der Waals surface area contributed by atoms with Crippen molar-refractivity contribution in [2.45, 2.75) is 49.0 Å². The van der Waals surface area contributed by atoms with Gasteiger partial charge in [-0.15, -0.1) is 11.8 Å². The molecule has 2 rings (SSSR count). The van der Waals surface area contributed by atoms with Crippen LogP contribution in [-0.2, 0) is 14.3 Å². The molecule has 0 heterocycles. The van der Waals surface area contributed by atoms with Crippen LogP contribution in [0.15, 0.2) is 29.2 Å². The van der Waals surface area contributed by atoms with Crippen LogP contribution in [0.25, 0.3) is 0 Å². The topological polar surface area (TPSA) is 43.4 Å². The third-order valence-electron chi connectivity index (χ3n) is 3.79. The fraction of sp³-hybridized carbons (Fsp3) is 0.600. The van der Waals surface area contributed by atoms with E-state index in [1.165, 1.54) is 10.5 Å². The summed E-state index contributed by atoms with van der Waals surface area (Å²) in [4.78, 5) is 1.22. The second-order valence-electron chi connectivity index (χ2n) is 5.33. The van der Waals surface area contributed by atoms with Crippen molar-refractivity contribution in [3.05, 3.63) is 29.8 Å². The zero-order chi connectivity index (χ0) is 14.6. The van der Waals surface area contributed by atoms with Crippen LogP contribution in [0.5, 0.6) is 0 Å². The van der Waals surface area contributed by atoms with E-state index in [0.717, 1.165) is 38.4 Å². The molecular weight excluding hydrogens is 292 g/mol. The second kappa shape index (κ2) is 6.96. The average molecular weight is 314 g/mol. The van der Waals surface area contributed by atoms with Crippen molar-refractivity contribution < 1.29 is 12.6 Å². The lowest BCUT2D eigenvalue weighted by atomic mass is 9.89. The smallest absolute Gasteiger partial charge is 0.264 e. The lowest BCUT2D eigenvalue weighted by Gasteiger charge is -2.26. The van der Waals surface area contributed by atoms with E-state index in [2.05, 4.69) is 18.4 Å². The van der Waals surface area contributed by atoms with Gasteiger partial charge in [-0.25, -0.2) is 0 Å². The monoisotopic (exact) mass is 314 g/mol. The highest BCUT2D eigenvalue weighted by molar-refractivity contribution is 7.98. The molecule has 0 bridgehead atoms. The maximum Gasteiger partial charge on any atom is 0.264 e. The van der Waals surface area contributed by atoms with Crippen LogP contribution < -0.4 is 0 Å². The summed E-state index contributed by atoms with van der Waals surface area (Å²) in [5.74, 6) is 0.177. The molecule has 3 nitrogen and oxygen atoms in total. The van der Waals surface area contributed by atoms with Crippen molar-refractivity contribution in [3.63, 3.8) is 0 Å². The molecule has 0 N–H and O–H groups in total. The van der Waals surface area contributed by atoms with Gasteiger partial charge in [-0.05, 0) is 30.7 Å². The third kappa shape index (κ3) is 4.24. The highest BCUT2D eigenvalue weighted by atomic mass is 32.2. The molecule has 5 heteroatoms. The summed E-state index contributed by atoms with van der Waals surface area (Å²) in [6, 6.07) is 8.26. The molecule has 2 atom stereocenters. The van der Waals surface area contributed by atoms with E-state index < -0.39 is 10.1 Å². The predicted octanol–water partition coefficient (Wildman–Crippen LogP) is 3.80. The summed E-state index contributed by atoms with van der Waals surface area (Å²) < 4.78 is 28.4. The lowest BCUT2D eigenvalue weighted by molar-refractivity contribution is 0.169. The number of benzene rings is 1. The van der Waals surface area contributed by atoms with Crippen molar-refractivity contribution in [2.24, 2.45) is 0 Å². The molecule has 0 saturated heterocycles. The van der Waals surface area contributed by atoms with Crippen LogP contribution in [0, 0.1) is 0 Å². The number of rotatable bonds is 4. The minimum Gasteiger partial charge on any atom is -0.266 e. The van der Waals surface area contributed by atoms with Gasteiger partial charge in [-0.1, -0.05) is 37.5 Å². The first kappa shape index (κ1) is 15.9. The molecule has 0 aliphatic heterocycles. The van der Waals surface area contributed by atoms with E-state index in [4.69, 9.17) is 4.18 Å². The molecule has 0 radical (unpaired) electrons. The standard InChI is InChI=1S/C15H22O3S2/c1-19-15-11-7-6-9-13(15)12-8-4-3-5-10-14(12)18-20(2,16)17/h6-7,9,11-12,14H,3-5,8,10H2,1-2H3/t12-,14-/m0/s1. The van der Waals surface area contributed by atoms with E-state index in [1.54, 1.807) is 11.8 Å². The first-order valence-corrected chi connectivity index (χ1v) is 10.1. The van der Waals surface area contributed by atoms with Gasteiger partial charge in [-0.3, -0.25) is 4.18 Å². The van der Waals surface area contributed by atoms with E-state index in [1.807, 2.05) is 12.1 Å². The van der Waals surface area contributed by atoms with Gasteiger partial charge in [-0.2, -0.15) is 8.42 Å². The van der Waals surface area contributed by atoms with Crippen LogP contribution in [0.4, 0.5) is 0 Å². The fourth-order valence-corrected chi connectivity index (χ4v) is 4.29. The summed E-state index contributed by atoms with van der Waals surface area (Å²) in [5.41, 5.74) is 1.23. The van der Waals surface area contributed by atoms with Gasteiger partial charge >= 0.3 is 0 Å². The highest BCUT2D eigenvalue weighted by Gasteiger charge is 2.30. The lowest BCUT2D eigenvalue weighted by Crippen LogP contribution is -2.24. The quantitative estimate of drug-likeness (QED) is 0.482. The molecule has 1 fully saturated rings. The first-order chi connectivity index (χ1) is 9.51. The molecule has 1 aromatic carbocycles. The number of hydrogen-bond acceptors (Lipinski definition) is 4. The van der Waals surface area contributed by atoms with Gasteiger partial charge < -0.3 is 0 Å². The zero-order valence-electron chi connectivity index (χ0n) is 12.0. The van der Waals surface area contributed by atoms with E-state index in [9.17, 15) is 8.42 Å². The molecule has 20 heavy (non-hydrogen) atoms. The summed E-state index contributed by atoms with van der Waals surface area (Å²) in [5, 5.41) is 0. The number of hydrogen-bond donors (Lipinski definition) is 0. The fourth-order valence-electron chi connectivity index (χ4n) is 2.94. The van der Waals surface area contributed by atoms with Gasteiger partial charge in [0.05, 0.1) is 12.4 Å². The Labute approximate surface area is 126 Å². The average Bonchev–Trinajstić information content (AvgIpc) is 2.62. The summed E-state index contributed by atoms with van der Waals surface area (Å²) in [7, 11) is -3.41. The Morgan fingerprint density at radius 3 is 2.55 bits per heavy atom. The van der Waals surface area contributed by atoms with Crippen molar-refractivity contribution in [2.75, 3.05) is 12.5 Å². The van der Waals surface area contributed by atoms with Crippen LogP contribution >= 0.6 is 11.8 Å². The minimum atomic E-state index is -3.41. The Hall–Kier alpha value is -0.520. The van der Waals surface area contributed by atoms with Crippen molar-refractivity contribution in [3.8, 4) is 0 Å². The molecule has 1 aromatic rings. The molecule has 0 amide bonds. The van der Waals surface area contributed by atoms with Crippen molar-refractivity contribution >= 4 is 21.9 Å². The van der Waals surface area contributed by atoms with Crippen LogP contribution in [-0.4, -0.2) is 27.0 Å². The summed E-state index contributed by atoms with van der Waals surface area (Å²) in [6.07, 6.45) is 8.13. The molecule has 0 unspecified atom stereocenters. The van der Waals surface area contributed by atoms with E-state index in [-0.39, 0.29) is 12.0 Å². The second-order valence-corrected chi connectivity index (χ2v) is 7.77. The first-order valence-electron chi connectivity index (χ1n) is 7.02. The number of thioether (sulfide) groups is 1. The molecule has 1 aliphatic rings. The van der Waals surface area contributed by atoms with E-state index in [0.29, 0.717) is 0 Å². The Bertz CT molecular complexity index is 540. The molecule has 1 saturated carbocycles. The zero-order valence-corrected chi connectivity index (χ0v) is 13.7. The van der Waals surface area contributed by atoms with E-state index >= 15 is 0 Å².